The minimum absolute atomic E-state index is 0.0694. The third kappa shape index (κ3) is 5.19. The lowest BCUT2D eigenvalue weighted by Gasteiger charge is -2.42. The van der Waals surface area contributed by atoms with Crippen LogP contribution in [0.2, 0.25) is 0 Å². The van der Waals surface area contributed by atoms with Gasteiger partial charge in [0, 0.05) is 21.3 Å². The van der Waals surface area contributed by atoms with Crippen molar-refractivity contribution in [3.63, 3.8) is 0 Å². The summed E-state index contributed by atoms with van der Waals surface area (Å²) < 4.78 is 50.7. The Labute approximate surface area is 171 Å². The van der Waals surface area contributed by atoms with E-state index in [9.17, 15) is 22.5 Å². The summed E-state index contributed by atoms with van der Waals surface area (Å²) >= 11 is 1.38. The van der Waals surface area contributed by atoms with Crippen molar-refractivity contribution >= 4 is 22.6 Å². The molecule has 2 aromatic rings. The zero-order chi connectivity index (χ0) is 21.2. The molecular formula is C21H25F3O2S2. The number of aliphatic hydroxyl groups is 1. The molecule has 7 heteroatoms. The van der Waals surface area contributed by atoms with E-state index in [1.54, 1.807) is 13.8 Å². The number of benzene rings is 2. The third-order valence-electron chi connectivity index (χ3n) is 5.01. The molecule has 0 saturated carbocycles. The van der Waals surface area contributed by atoms with Gasteiger partial charge in [-0.15, -0.1) is 0 Å². The SMILES string of the molecule is CSC(C)(C)C(O)(CS(=O)Cc1ccc(C)cc1)c1ccc(C(F)(F)F)cc1. The average molecular weight is 431 g/mol. The molecular weight excluding hydrogens is 405 g/mol. The number of alkyl halides is 3. The highest BCUT2D eigenvalue weighted by Crippen LogP contribution is 2.43. The molecule has 0 bridgehead atoms. The molecule has 0 spiro atoms. The number of rotatable bonds is 7. The molecule has 0 radical (unpaired) electrons. The molecule has 0 aliphatic rings. The lowest BCUT2D eigenvalue weighted by Crippen LogP contribution is -2.49. The highest BCUT2D eigenvalue weighted by Gasteiger charge is 2.46. The second kappa shape index (κ2) is 8.59. The Morgan fingerprint density at radius 3 is 1.93 bits per heavy atom. The van der Waals surface area contributed by atoms with Crippen LogP contribution in [0.3, 0.4) is 0 Å². The topological polar surface area (TPSA) is 37.3 Å². The van der Waals surface area contributed by atoms with Gasteiger partial charge in [0.25, 0.3) is 0 Å². The van der Waals surface area contributed by atoms with Crippen molar-refractivity contribution < 1.29 is 22.5 Å². The van der Waals surface area contributed by atoms with Gasteiger partial charge in [0.05, 0.1) is 11.3 Å². The van der Waals surface area contributed by atoms with E-state index < -0.39 is 32.9 Å². The van der Waals surface area contributed by atoms with E-state index in [0.29, 0.717) is 5.56 Å². The van der Waals surface area contributed by atoms with E-state index in [2.05, 4.69) is 0 Å². The van der Waals surface area contributed by atoms with Crippen LogP contribution < -0.4 is 0 Å². The molecule has 2 unspecified atom stereocenters. The number of hydrogen-bond acceptors (Lipinski definition) is 3. The molecule has 0 fully saturated rings. The molecule has 0 aliphatic carbocycles. The van der Waals surface area contributed by atoms with E-state index in [1.807, 2.05) is 37.4 Å². The second-order valence-electron chi connectivity index (χ2n) is 7.36. The van der Waals surface area contributed by atoms with Crippen molar-refractivity contribution in [2.24, 2.45) is 0 Å². The summed E-state index contributed by atoms with van der Waals surface area (Å²) in [5.74, 6) is 0.202. The Morgan fingerprint density at radius 1 is 0.964 bits per heavy atom. The predicted molar refractivity (Wildman–Crippen MR) is 111 cm³/mol. The molecule has 2 nitrogen and oxygen atoms in total. The quantitative estimate of drug-likeness (QED) is 0.648. The van der Waals surface area contributed by atoms with Gasteiger partial charge in [0.2, 0.25) is 0 Å². The monoisotopic (exact) mass is 430 g/mol. The molecule has 28 heavy (non-hydrogen) atoms. The summed E-state index contributed by atoms with van der Waals surface area (Å²) in [7, 11) is -1.40. The maximum Gasteiger partial charge on any atom is 0.416 e. The van der Waals surface area contributed by atoms with Crippen molar-refractivity contribution in [3.8, 4) is 0 Å². The zero-order valence-electron chi connectivity index (χ0n) is 16.3. The summed E-state index contributed by atoms with van der Waals surface area (Å²) in [4.78, 5) is 0. The van der Waals surface area contributed by atoms with Crippen molar-refractivity contribution in [1.29, 1.82) is 0 Å². The predicted octanol–water partition coefficient (Wildman–Crippen LogP) is 5.29. The summed E-state index contributed by atoms with van der Waals surface area (Å²) in [5.41, 5.74) is -0.00931. The summed E-state index contributed by atoms with van der Waals surface area (Å²) in [5, 5.41) is 11.5. The molecule has 0 aliphatic heterocycles. The van der Waals surface area contributed by atoms with E-state index in [4.69, 9.17) is 0 Å². The fourth-order valence-corrected chi connectivity index (χ4v) is 5.14. The number of halogens is 3. The standard InChI is InChI=1S/C21H25F3O2S2/c1-15-5-7-16(8-6-15)13-28(26)14-20(25,19(2,3)27-4)17-9-11-18(12-10-17)21(22,23)24/h5-12,25H,13-14H2,1-4H3. The average Bonchev–Trinajstić information content (AvgIpc) is 2.62. The van der Waals surface area contributed by atoms with Crippen LogP contribution >= 0.6 is 11.8 Å². The fraction of sp³-hybridized carbons (Fsp3) is 0.429. The molecule has 1 N–H and O–H groups in total. The molecule has 2 atom stereocenters. The van der Waals surface area contributed by atoms with Crippen molar-refractivity contribution in [2.75, 3.05) is 12.0 Å². The fourth-order valence-electron chi connectivity index (χ4n) is 2.86. The van der Waals surface area contributed by atoms with Crippen LogP contribution in [-0.2, 0) is 28.3 Å². The van der Waals surface area contributed by atoms with Crippen LogP contribution in [0, 0.1) is 6.92 Å². The lowest BCUT2D eigenvalue weighted by atomic mass is 9.84. The molecule has 2 rings (SSSR count). The van der Waals surface area contributed by atoms with Gasteiger partial charge in [-0.2, -0.15) is 24.9 Å². The lowest BCUT2D eigenvalue weighted by molar-refractivity contribution is -0.137. The molecule has 0 saturated heterocycles. The first-order valence-corrected chi connectivity index (χ1v) is 11.5. The van der Waals surface area contributed by atoms with Gasteiger partial charge < -0.3 is 5.11 Å². The van der Waals surface area contributed by atoms with Crippen LogP contribution in [0.15, 0.2) is 48.5 Å². The number of thioether (sulfide) groups is 1. The van der Waals surface area contributed by atoms with Crippen LogP contribution in [0.5, 0.6) is 0 Å². The van der Waals surface area contributed by atoms with E-state index in [1.165, 1.54) is 23.9 Å². The van der Waals surface area contributed by atoms with Crippen LogP contribution in [-0.4, -0.2) is 26.1 Å². The normalized spacial score (nSPS) is 15.9. The van der Waals surface area contributed by atoms with Gasteiger partial charge in [-0.1, -0.05) is 42.0 Å². The Morgan fingerprint density at radius 2 is 1.46 bits per heavy atom. The molecule has 0 heterocycles. The Bertz CT molecular complexity index is 815. The van der Waals surface area contributed by atoms with Crippen LogP contribution in [0.25, 0.3) is 0 Å². The molecule has 0 aromatic heterocycles. The minimum Gasteiger partial charge on any atom is -0.383 e. The summed E-state index contributed by atoms with van der Waals surface area (Å²) in [6, 6.07) is 12.1. The van der Waals surface area contributed by atoms with E-state index >= 15 is 0 Å². The van der Waals surface area contributed by atoms with Gasteiger partial charge in [0.15, 0.2) is 0 Å². The number of hydrogen-bond donors (Lipinski definition) is 1. The summed E-state index contributed by atoms with van der Waals surface area (Å²) in [6.07, 6.45) is -2.63. The Kier molecular flexibility index (Phi) is 7.05. The van der Waals surface area contributed by atoms with E-state index in [0.717, 1.165) is 23.3 Å². The number of aryl methyl sites for hydroxylation is 1. The third-order valence-corrected chi connectivity index (χ3v) is 7.77. The Balaban J connectivity index is 2.33. The van der Waals surface area contributed by atoms with Crippen LogP contribution in [0.4, 0.5) is 13.2 Å². The highest BCUT2D eigenvalue weighted by atomic mass is 32.2. The van der Waals surface area contributed by atoms with Crippen molar-refractivity contribution in [1.82, 2.24) is 0 Å². The molecule has 0 amide bonds. The van der Waals surface area contributed by atoms with Gasteiger partial charge in [-0.25, -0.2) is 0 Å². The first kappa shape index (κ1) is 23.0. The minimum atomic E-state index is -4.44. The highest BCUT2D eigenvalue weighted by molar-refractivity contribution is 8.00. The second-order valence-corrected chi connectivity index (χ2v) is 10.2. The first-order valence-electron chi connectivity index (χ1n) is 8.75. The molecule has 2 aromatic carbocycles. The maximum atomic E-state index is 12.9. The zero-order valence-corrected chi connectivity index (χ0v) is 18.0. The van der Waals surface area contributed by atoms with E-state index in [-0.39, 0.29) is 11.5 Å². The van der Waals surface area contributed by atoms with Gasteiger partial charge in [0.1, 0.15) is 5.60 Å². The first-order chi connectivity index (χ1) is 12.9. The largest absolute Gasteiger partial charge is 0.416 e. The van der Waals surface area contributed by atoms with Gasteiger partial charge in [-0.3, -0.25) is 4.21 Å². The van der Waals surface area contributed by atoms with Crippen molar-refractivity contribution in [3.05, 3.63) is 70.8 Å². The maximum absolute atomic E-state index is 12.9. The van der Waals surface area contributed by atoms with Gasteiger partial charge >= 0.3 is 6.18 Å². The van der Waals surface area contributed by atoms with Crippen LogP contribution in [0.1, 0.15) is 36.1 Å². The van der Waals surface area contributed by atoms with Gasteiger partial charge in [-0.05, 0) is 50.3 Å². The smallest absolute Gasteiger partial charge is 0.383 e. The summed E-state index contributed by atoms with van der Waals surface area (Å²) in [6.45, 7) is 5.57. The van der Waals surface area contributed by atoms with Crippen molar-refractivity contribution in [2.45, 2.75) is 43.0 Å². The Hall–Kier alpha value is -1.31. The molecule has 154 valence electrons.